The number of aliphatic hydroxyl groups is 1. The van der Waals surface area contributed by atoms with Crippen molar-refractivity contribution in [1.29, 1.82) is 0 Å². The molecular formula is C18H34N6O7. The fourth-order valence-corrected chi connectivity index (χ4v) is 2.47. The van der Waals surface area contributed by atoms with Crippen LogP contribution in [0.25, 0.3) is 0 Å². The predicted octanol–water partition coefficient (Wildman–Crippen LogP) is -3.49. The lowest BCUT2D eigenvalue weighted by Gasteiger charge is -2.25. The Morgan fingerprint density at radius 1 is 0.871 bits per heavy atom. The molecule has 0 aromatic heterocycles. The van der Waals surface area contributed by atoms with Crippen LogP contribution >= 0.6 is 0 Å². The molecular weight excluding hydrogens is 412 g/mol. The minimum atomic E-state index is -1.64. The molecule has 11 N–H and O–H groups in total. The third kappa shape index (κ3) is 10.7. The first-order chi connectivity index (χ1) is 14.4. The van der Waals surface area contributed by atoms with E-state index in [0.717, 1.165) is 0 Å². The van der Waals surface area contributed by atoms with Gasteiger partial charge in [0, 0.05) is 0 Å². The van der Waals surface area contributed by atoms with Crippen molar-refractivity contribution in [2.75, 3.05) is 13.2 Å². The van der Waals surface area contributed by atoms with Crippen molar-refractivity contribution in [3.8, 4) is 0 Å². The fourth-order valence-electron chi connectivity index (χ4n) is 2.47. The molecule has 31 heavy (non-hydrogen) atoms. The van der Waals surface area contributed by atoms with Crippen LogP contribution in [0.15, 0.2) is 0 Å². The molecule has 13 nitrogen and oxygen atoms in total. The number of nitrogens with two attached hydrogens (primary N) is 3. The number of carbonyl (C=O) groups excluding carboxylic acids is 4. The number of primary amides is 1. The third-order valence-electron chi connectivity index (χ3n) is 4.44. The smallest absolute Gasteiger partial charge is 0.328 e. The maximum atomic E-state index is 12.8. The Hall–Kier alpha value is -2.77. The number of unbranched alkanes of at least 4 members (excludes halogenated alkanes) is 1. The molecule has 0 radical (unpaired) electrons. The van der Waals surface area contributed by atoms with Crippen LogP contribution in [-0.4, -0.2) is 77.1 Å². The molecule has 0 saturated heterocycles. The molecule has 0 aliphatic carbocycles. The Balaban J connectivity index is 5.43. The lowest BCUT2D eigenvalue weighted by atomic mass is 10.0. The van der Waals surface area contributed by atoms with Gasteiger partial charge in [0.2, 0.25) is 23.6 Å². The van der Waals surface area contributed by atoms with Crippen LogP contribution in [0.2, 0.25) is 0 Å². The molecule has 0 heterocycles. The number of hydrogen-bond acceptors (Lipinski definition) is 8. The number of aliphatic hydroxyl groups excluding tert-OH is 1. The van der Waals surface area contributed by atoms with Crippen LogP contribution in [0, 0.1) is 5.92 Å². The molecule has 0 spiro atoms. The largest absolute Gasteiger partial charge is 0.480 e. The summed E-state index contributed by atoms with van der Waals surface area (Å²) in [7, 11) is 0. The predicted molar refractivity (Wildman–Crippen MR) is 110 cm³/mol. The lowest BCUT2D eigenvalue weighted by molar-refractivity contribution is -0.143. The van der Waals surface area contributed by atoms with E-state index in [0.29, 0.717) is 19.4 Å². The third-order valence-corrected chi connectivity index (χ3v) is 4.44. The van der Waals surface area contributed by atoms with Crippen LogP contribution in [0.4, 0.5) is 0 Å². The van der Waals surface area contributed by atoms with Gasteiger partial charge < -0.3 is 43.4 Å². The first kappa shape index (κ1) is 28.2. The molecule has 0 bridgehead atoms. The van der Waals surface area contributed by atoms with Crippen molar-refractivity contribution in [1.82, 2.24) is 16.0 Å². The molecule has 4 amide bonds. The maximum absolute atomic E-state index is 12.8. The van der Waals surface area contributed by atoms with E-state index in [1.54, 1.807) is 13.8 Å². The van der Waals surface area contributed by atoms with Crippen molar-refractivity contribution in [2.45, 2.75) is 63.7 Å². The summed E-state index contributed by atoms with van der Waals surface area (Å²) in [5.74, 6) is -4.99. The van der Waals surface area contributed by atoms with Crippen LogP contribution in [0.1, 0.15) is 39.5 Å². The molecule has 4 atom stereocenters. The van der Waals surface area contributed by atoms with E-state index in [2.05, 4.69) is 10.6 Å². The summed E-state index contributed by atoms with van der Waals surface area (Å²) >= 11 is 0. The van der Waals surface area contributed by atoms with E-state index < -0.39 is 66.8 Å². The Bertz CT molecular complexity index is 643. The van der Waals surface area contributed by atoms with E-state index >= 15 is 0 Å². The fraction of sp³-hybridized carbons (Fsp3) is 0.722. The van der Waals surface area contributed by atoms with Gasteiger partial charge in [0.05, 0.1) is 19.1 Å². The van der Waals surface area contributed by atoms with Crippen molar-refractivity contribution in [3.63, 3.8) is 0 Å². The number of carbonyl (C=O) groups is 5. The van der Waals surface area contributed by atoms with Gasteiger partial charge in [-0.15, -0.1) is 0 Å². The minimum absolute atomic E-state index is 0.187. The minimum Gasteiger partial charge on any atom is -0.480 e. The number of nitrogens with one attached hydrogen (secondary N) is 3. The van der Waals surface area contributed by atoms with E-state index in [1.807, 2.05) is 5.32 Å². The van der Waals surface area contributed by atoms with E-state index in [4.69, 9.17) is 27.4 Å². The molecule has 0 saturated carbocycles. The highest BCUT2D eigenvalue weighted by molar-refractivity contribution is 5.96. The van der Waals surface area contributed by atoms with E-state index in [-0.39, 0.29) is 12.3 Å². The topological polar surface area (TPSA) is 240 Å². The average Bonchev–Trinajstić information content (AvgIpc) is 2.68. The maximum Gasteiger partial charge on any atom is 0.328 e. The van der Waals surface area contributed by atoms with Gasteiger partial charge in [-0.3, -0.25) is 19.2 Å². The normalized spacial score (nSPS) is 14.8. The van der Waals surface area contributed by atoms with Gasteiger partial charge in [0.1, 0.15) is 18.1 Å². The summed E-state index contributed by atoms with van der Waals surface area (Å²) in [5.41, 5.74) is 16.4. The molecule has 0 aliphatic rings. The van der Waals surface area contributed by atoms with E-state index in [1.165, 1.54) is 0 Å². The van der Waals surface area contributed by atoms with Crippen LogP contribution in [-0.2, 0) is 24.0 Å². The summed E-state index contributed by atoms with van der Waals surface area (Å²) in [5, 5.41) is 24.8. The van der Waals surface area contributed by atoms with Gasteiger partial charge in [-0.2, -0.15) is 0 Å². The van der Waals surface area contributed by atoms with Gasteiger partial charge in [-0.05, 0) is 31.7 Å². The van der Waals surface area contributed by atoms with E-state index in [9.17, 15) is 24.0 Å². The number of carboxylic acid groups (broad SMARTS) is 1. The zero-order valence-electron chi connectivity index (χ0n) is 17.8. The number of aliphatic carboxylic acids is 1. The zero-order valence-corrected chi connectivity index (χ0v) is 17.8. The summed E-state index contributed by atoms with van der Waals surface area (Å²) in [6.45, 7) is 2.95. The quantitative estimate of drug-likeness (QED) is 0.116. The highest BCUT2D eigenvalue weighted by atomic mass is 16.4. The molecule has 0 aliphatic heterocycles. The SMILES string of the molecule is CC(C)C(N)C(=O)NC(CCCCN)C(=O)NC(CC(N)=O)C(=O)NC(CO)C(=O)O. The highest BCUT2D eigenvalue weighted by Gasteiger charge is 2.31. The summed E-state index contributed by atoms with van der Waals surface area (Å²) in [6.07, 6.45) is 0.644. The second-order valence-electron chi connectivity index (χ2n) is 7.43. The van der Waals surface area contributed by atoms with Crippen molar-refractivity contribution >= 4 is 29.6 Å². The summed E-state index contributed by atoms with van der Waals surface area (Å²) in [4.78, 5) is 59.8. The number of carboxylic acids is 1. The molecule has 13 heteroatoms. The second kappa shape index (κ2) is 14.3. The highest BCUT2D eigenvalue weighted by Crippen LogP contribution is 2.05. The molecule has 0 fully saturated rings. The van der Waals surface area contributed by atoms with Gasteiger partial charge in [-0.25, -0.2) is 4.79 Å². The Morgan fingerprint density at radius 2 is 1.39 bits per heavy atom. The number of hydrogen-bond donors (Lipinski definition) is 8. The van der Waals surface area contributed by atoms with Crippen molar-refractivity contribution in [2.24, 2.45) is 23.1 Å². The number of amides is 4. The van der Waals surface area contributed by atoms with Crippen molar-refractivity contribution < 1.29 is 34.2 Å². The molecule has 178 valence electrons. The van der Waals surface area contributed by atoms with Gasteiger partial charge in [-0.1, -0.05) is 13.8 Å². The first-order valence-corrected chi connectivity index (χ1v) is 9.93. The summed E-state index contributed by atoms with van der Waals surface area (Å²) < 4.78 is 0. The van der Waals surface area contributed by atoms with Crippen LogP contribution < -0.4 is 33.2 Å². The van der Waals surface area contributed by atoms with Crippen LogP contribution in [0.3, 0.4) is 0 Å². The number of rotatable bonds is 15. The van der Waals surface area contributed by atoms with Gasteiger partial charge >= 0.3 is 5.97 Å². The monoisotopic (exact) mass is 446 g/mol. The average molecular weight is 447 g/mol. The zero-order chi connectivity index (χ0) is 24.1. The second-order valence-corrected chi connectivity index (χ2v) is 7.43. The van der Waals surface area contributed by atoms with Gasteiger partial charge in [0.25, 0.3) is 0 Å². The summed E-state index contributed by atoms with van der Waals surface area (Å²) in [6, 6.07) is -5.08. The molecule has 0 aromatic carbocycles. The first-order valence-electron chi connectivity index (χ1n) is 9.93. The molecule has 4 unspecified atom stereocenters. The lowest BCUT2D eigenvalue weighted by Crippen LogP contribution is -2.58. The van der Waals surface area contributed by atoms with Crippen LogP contribution in [0.5, 0.6) is 0 Å². The van der Waals surface area contributed by atoms with Gasteiger partial charge in [0.15, 0.2) is 0 Å². The Morgan fingerprint density at radius 3 is 1.84 bits per heavy atom. The molecule has 0 rings (SSSR count). The Kier molecular flexibility index (Phi) is 13.0. The molecule has 0 aromatic rings. The van der Waals surface area contributed by atoms with Crippen molar-refractivity contribution in [3.05, 3.63) is 0 Å². The standard InChI is InChI=1S/C18H34N6O7/c1-9(2)14(21)17(29)22-10(5-3-4-6-19)15(27)23-11(7-13(20)26)16(28)24-12(8-25)18(30)31/h9-12,14,25H,3-8,19,21H2,1-2H3,(H2,20,26)(H,22,29)(H,23,27)(H,24,28)(H,30,31). The Labute approximate surface area is 180 Å².